The Morgan fingerprint density at radius 1 is 1.19 bits per heavy atom. The zero-order valence-corrected chi connectivity index (χ0v) is 15.6. The summed E-state index contributed by atoms with van der Waals surface area (Å²) in [6.45, 7) is 4.59. The maximum Gasteiger partial charge on any atom is 0.163 e. The highest BCUT2D eigenvalue weighted by Gasteiger charge is 2.41. The van der Waals surface area contributed by atoms with Gasteiger partial charge in [-0.15, -0.1) is 11.3 Å². The molecule has 0 saturated carbocycles. The smallest absolute Gasteiger partial charge is 0.163 e. The fourth-order valence-electron chi connectivity index (χ4n) is 3.23. The van der Waals surface area contributed by atoms with E-state index < -0.39 is 11.8 Å². The predicted octanol–water partition coefficient (Wildman–Crippen LogP) is 4.38. The van der Waals surface area contributed by atoms with Crippen LogP contribution in [0, 0.1) is 0 Å². The Bertz CT molecular complexity index is 848. The first kappa shape index (κ1) is 17.6. The van der Waals surface area contributed by atoms with Crippen LogP contribution in [0.5, 0.6) is 0 Å². The third-order valence-electron chi connectivity index (χ3n) is 4.45. The van der Waals surface area contributed by atoms with E-state index in [-0.39, 0.29) is 6.10 Å². The summed E-state index contributed by atoms with van der Waals surface area (Å²) in [7, 11) is 0. The van der Waals surface area contributed by atoms with Crippen LogP contribution in [0.1, 0.15) is 30.5 Å². The summed E-state index contributed by atoms with van der Waals surface area (Å²) in [5, 5.41) is 13.1. The molecule has 1 aliphatic heterocycles. The van der Waals surface area contributed by atoms with Gasteiger partial charge >= 0.3 is 0 Å². The summed E-state index contributed by atoms with van der Waals surface area (Å²) in [6, 6.07) is 17.5. The molecule has 26 heavy (non-hydrogen) atoms. The minimum absolute atomic E-state index is 0.292. The highest BCUT2D eigenvalue weighted by atomic mass is 32.1. The Hall–Kier alpha value is -1.83. The number of hydroxylamine groups is 2. The van der Waals surface area contributed by atoms with E-state index in [1.54, 1.807) is 11.3 Å². The molecule has 136 valence electrons. The summed E-state index contributed by atoms with van der Waals surface area (Å²) >= 11 is 1.58. The number of para-hydroxylation sites is 1. The molecule has 6 heteroatoms. The molecule has 5 nitrogen and oxygen atoms in total. The van der Waals surface area contributed by atoms with E-state index in [2.05, 4.69) is 0 Å². The van der Waals surface area contributed by atoms with Crippen LogP contribution in [-0.2, 0) is 16.0 Å². The van der Waals surface area contributed by atoms with E-state index >= 15 is 0 Å². The Kier molecular flexibility index (Phi) is 4.77. The zero-order chi connectivity index (χ0) is 18.1. The number of thiazole rings is 1. The van der Waals surface area contributed by atoms with E-state index in [4.69, 9.17) is 14.5 Å². The maximum atomic E-state index is 10.9. The first-order valence-corrected chi connectivity index (χ1v) is 9.50. The van der Waals surface area contributed by atoms with E-state index in [1.165, 1.54) is 5.06 Å². The van der Waals surface area contributed by atoms with Gasteiger partial charge in [0.1, 0.15) is 17.2 Å². The molecule has 1 aliphatic rings. The van der Waals surface area contributed by atoms with Crippen LogP contribution in [0.3, 0.4) is 0 Å². The minimum atomic E-state index is -0.660. The summed E-state index contributed by atoms with van der Waals surface area (Å²) in [6.07, 6.45) is -0.292. The second-order valence-electron chi connectivity index (χ2n) is 6.91. The van der Waals surface area contributed by atoms with Crippen molar-refractivity contribution in [2.45, 2.75) is 38.3 Å². The summed E-state index contributed by atoms with van der Waals surface area (Å²) < 4.78 is 12.9. The molecule has 0 bridgehead atoms. The number of ether oxygens (including phenoxy) is 2. The Morgan fingerprint density at radius 2 is 1.92 bits per heavy atom. The second-order valence-corrected chi connectivity index (χ2v) is 7.98. The van der Waals surface area contributed by atoms with E-state index in [1.807, 2.05) is 68.4 Å². The van der Waals surface area contributed by atoms with Crippen molar-refractivity contribution in [2.75, 3.05) is 6.61 Å². The SMILES string of the molecule is CC1(C)OCC(C(c2nc3ccccc3s2)N(O)Cc2ccccc2)O1. The molecule has 0 aliphatic carbocycles. The standard InChI is InChI=1S/C20H22N2O3S/c1-20(2)24-13-16(25-20)18(22(23)12-14-8-4-3-5-9-14)19-21-15-10-6-7-11-17(15)26-19/h3-11,16,18,23H,12-13H2,1-2H3. The summed E-state index contributed by atoms with van der Waals surface area (Å²) in [5.74, 6) is -0.660. The third kappa shape index (κ3) is 3.65. The molecule has 4 rings (SSSR count). The molecule has 2 heterocycles. The lowest BCUT2D eigenvalue weighted by atomic mass is 10.1. The van der Waals surface area contributed by atoms with Crippen molar-refractivity contribution in [1.82, 2.24) is 10.0 Å². The first-order valence-electron chi connectivity index (χ1n) is 8.68. The van der Waals surface area contributed by atoms with Crippen molar-refractivity contribution >= 4 is 21.6 Å². The van der Waals surface area contributed by atoms with Gasteiger partial charge in [-0.1, -0.05) is 42.5 Å². The van der Waals surface area contributed by atoms with Crippen molar-refractivity contribution < 1.29 is 14.7 Å². The van der Waals surface area contributed by atoms with E-state index in [0.29, 0.717) is 13.2 Å². The molecule has 0 radical (unpaired) electrons. The minimum Gasteiger partial charge on any atom is -0.348 e. The van der Waals surface area contributed by atoms with Crippen molar-refractivity contribution in [2.24, 2.45) is 0 Å². The van der Waals surface area contributed by atoms with Gasteiger partial charge in [-0.2, -0.15) is 5.06 Å². The van der Waals surface area contributed by atoms with Gasteiger partial charge in [0.25, 0.3) is 0 Å². The number of benzene rings is 2. The lowest BCUT2D eigenvalue weighted by Crippen LogP contribution is -2.36. The molecule has 0 spiro atoms. The van der Waals surface area contributed by atoms with Crippen LogP contribution in [0.15, 0.2) is 54.6 Å². The van der Waals surface area contributed by atoms with Crippen LogP contribution in [0.4, 0.5) is 0 Å². The maximum absolute atomic E-state index is 10.9. The van der Waals surface area contributed by atoms with Gasteiger partial charge in [0.15, 0.2) is 5.79 Å². The fourth-order valence-corrected chi connectivity index (χ4v) is 4.36. The highest BCUT2D eigenvalue weighted by molar-refractivity contribution is 7.18. The predicted molar refractivity (Wildman–Crippen MR) is 101 cm³/mol. The molecule has 3 aromatic rings. The van der Waals surface area contributed by atoms with Gasteiger partial charge in [0.05, 0.1) is 16.8 Å². The summed E-state index contributed by atoms with van der Waals surface area (Å²) in [5.41, 5.74) is 1.96. The van der Waals surface area contributed by atoms with Gasteiger partial charge in [0.2, 0.25) is 0 Å². The molecule has 1 saturated heterocycles. The van der Waals surface area contributed by atoms with Gasteiger partial charge in [0, 0.05) is 6.54 Å². The van der Waals surface area contributed by atoms with Gasteiger partial charge in [-0.25, -0.2) is 4.98 Å². The average molecular weight is 370 g/mol. The lowest BCUT2D eigenvalue weighted by Gasteiger charge is -2.29. The van der Waals surface area contributed by atoms with Crippen LogP contribution in [0.2, 0.25) is 0 Å². The van der Waals surface area contributed by atoms with Gasteiger partial charge in [-0.3, -0.25) is 0 Å². The number of hydrogen-bond acceptors (Lipinski definition) is 6. The third-order valence-corrected chi connectivity index (χ3v) is 5.56. The van der Waals surface area contributed by atoms with Gasteiger partial charge in [-0.05, 0) is 31.5 Å². The number of fused-ring (bicyclic) bond motifs is 1. The molecule has 2 aromatic carbocycles. The van der Waals surface area contributed by atoms with Crippen LogP contribution in [-0.4, -0.2) is 33.8 Å². The second kappa shape index (κ2) is 7.06. The topological polar surface area (TPSA) is 54.8 Å². The van der Waals surface area contributed by atoms with Crippen LogP contribution in [0.25, 0.3) is 10.2 Å². The molecule has 2 unspecified atom stereocenters. The van der Waals surface area contributed by atoms with Crippen LogP contribution < -0.4 is 0 Å². The Morgan fingerprint density at radius 3 is 2.62 bits per heavy atom. The normalized spacial score (nSPS) is 20.7. The quantitative estimate of drug-likeness (QED) is 0.676. The zero-order valence-electron chi connectivity index (χ0n) is 14.8. The molecular weight excluding hydrogens is 348 g/mol. The van der Waals surface area contributed by atoms with Crippen molar-refractivity contribution in [3.63, 3.8) is 0 Å². The number of nitrogens with zero attached hydrogens (tertiary/aromatic N) is 2. The van der Waals surface area contributed by atoms with E-state index in [9.17, 15) is 5.21 Å². The highest BCUT2D eigenvalue weighted by Crippen LogP contribution is 2.37. The summed E-state index contributed by atoms with van der Waals surface area (Å²) in [4.78, 5) is 4.75. The molecule has 1 fully saturated rings. The Labute approximate surface area is 156 Å². The molecule has 1 N–H and O–H groups in total. The first-order chi connectivity index (χ1) is 12.5. The molecular formula is C20H22N2O3S. The fraction of sp³-hybridized carbons (Fsp3) is 0.350. The van der Waals surface area contributed by atoms with Crippen molar-refractivity contribution in [1.29, 1.82) is 0 Å². The van der Waals surface area contributed by atoms with Crippen molar-refractivity contribution in [3.8, 4) is 0 Å². The lowest BCUT2D eigenvalue weighted by molar-refractivity contribution is -0.191. The Balaban J connectivity index is 1.67. The molecule has 0 amide bonds. The molecule has 2 atom stereocenters. The van der Waals surface area contributed by atoms with Crippen molar-refractivity contribution in [3.05, 3.63) is 65.2 Å². The van der Waals surface area contributed by atoms with Gasteiger partial charge < -0.3 is 14.7 Å². The van der Waals surface area contributed by atoms with Crippen LogP contribution >= 0.6 is 11.3 Å². The largest absolute Gasteiger partial charge is 0.348 e. The average Bonchev–Trinajstić information content (AvgIpc) is 3.19. The number of aromatic nitrogens is 1. The number of hydrogen-bond donors (Lipinski definition) is 1. The molecule has 1 aromatic heterocycles. The monoisotopic (exact) mass is 370 g/mol. The number of rotatable bonds is 5. The van der Waals surface area contributed by atoms with E-state index in [0.717, 1.165) is 20.8 Å².